The van der Waals surface area contributed by atoms with Gasteiger partial charge in [0.05, 0.1) is 0 Å². The van der Waals surface area contributed by atoms with Crippen LogP contribution in [-0.2, 0) is 11.2 Å². The number of carbonyl (C=O) groups is 1. The highest BCUT2D eigenvalue weighted by Crippen LogP contribution is 2.33. The molecule has 2 rings (SSSR count). The van der Waals surface area contributed by atoms with Crippen molar-refractivity contribution < 1.29 is 9.90 Å². The van der Waals surface area contributed by atoms with E-state index in [0.717, 1.165) is 17.7 Å². The maximum absolute atomic E-state index is 12.1. The Hall–Kier alpha value is -0.670. The number of aliphatic hydroxyl groups is 1. The quantitative estimate of drug-likeness (QED) is 0.879. The Balaban J connectivity index is 1.98. The molecular formula is C13H18O2S. The van der Waals surface area contributed by atoms with E-state index >= 15 is 0 Å². The van der Waals surface area contributed by atoms with Crippen molar-refractivity contribution in [3.05, 3.63) is 22.4 Å². The normalized spacial score (nSPS) is 30.2. The van der Waals surface area contributed by atoms with E-state index in [4.69, 9.17) is 0 Å². The molecule has 0 saturated heterocycles. The van der Waals surface area contributed by atoms with E-state index in [0.29, 0.717) is 25.2 Å². The predicted molar refractivity (Wildman–Crippen MR) is 65.6 cm³/mol. The van der Waals surface area contributed by atoms with Crippen molar-refractivity contribution in [1.29, 1.82) is 0 Å². The lowest BCUT2D eigenvalue weighted by Gasteiger charge is -2.33. The summed E-state index contributed by atoms with van der Waals surface area (Å²) in [7, 11) is 0. The van der Waals surface area contributed by atoms with Crippen molar-refractivity contribution in [1.82, 2.24) is 0 Å². The van der Waals surface area contributed by atoms with E-state index in [2.05, 4.69) is 6.92 Å². The molecule has 3 heteroatoms. The van der Waals surface area contributed by atoms with Gasteiger partial charge in [0.25, 0.3) is 0 Å². The van der Waals surface area contributed by atoms with Crippen LogP contribution < -0.4 is 0 Å². The first-order valence-corrected chi connectivity index (χ1v) is 6.76. The van der Waals surface area contributed by atoms with Gasteiger partial charge >= 0.3 is 0 Å². The summed E-state index contributed by atoms with van der Waals surface area (Å²) in [5.74, 6) is 0.650. The van der Waals surface area contributed by atoms with E-state index in [-0.39, 0.29) is 5.78 Å². The summed E-state index contributed by atoms with van der Waals surface area (Å²) in [5.41, 5.74) is -1.05. The van der Waals surface area contributed by atoms with Gasteiger partial charge in [-0.25, -0.2) is 0 Å². The van der Waals surface area contributed by atoms with Gasteiger partial charge in [-0.2, -0.15) is 0 Å². The highest BCUT2D eigenvalue weighted by molar-refractivity contribution is 7.10. The Labute approximate surface area is 100 Å². The molecule has 88 valence electrons. The van der Waals surface area contributed by atoms with Gasteiger partial charge < -0.3 is 5.11 Å². The number of hydrogen-bond acceptors (Lipinski definition) is 3. The van der Waals surface area contributed by atoms with Crippen LogP contribution in [0.15, 0.2) is 17.5 Å². The first-order chi connectivity index (χ1) is 7.60. The Bertz CT molecular complexity index is 348. The minimum Gasteiger partial charge on any atom is -0.382 e. The van der Waals surface area contributed by atoms with Crippen LogP contribution in [0.1, 0.15) is 37.5 Å². The van der Waals surface area contributed by atoms with E-state index in [1.54, 1.807) is 11.3 Å². The largest absolute Gasteiger partial charge is 0.382 e. The number of hydrogen-bond donors (Lipinski definition) is 1. The Kier molecular flexibility index (Phi) is 3.45. The van der Waals surface area contributed by atoms with Gasteiger partial charge in [-0.15, -0.1) is 11.3 Å². The number of Topliss-reactive ketones (excluding diaryl/α,β-unsaturated/α-hetero) is 1. The van der Waals surface area contributed by atoms with Gasteiger partial charge in [-0.3, -0.25) is 4.79 Å². The minimum absolute atomic E-state index is 0.00171. The zero-order valence-electron chi connectivity index (χ0n) is 9.61. The molecule has 0 aliphatic heterocycles. The van der Waals surface area contributed by atoms with Gasteiger partial charge in [0.15, 0.2) is 5.78 Å². The van der Waals surface area contributed by atoms with Crippen molar-refractivity contribution in [2.45, 2.75) is 44.6 Å². The molecule has 1 N–H and O–H groups in total. The number of ketones is 1. The Morgan fingerprint density at radius 3 is 2.81 bits per heavy atom. The second kappa shape index (κ2) is 4.68. The first kappa shape index (κ1) is 11.8. The monoisotopic (exact) mass is 238 g/mol. The van der Waals surface area contributed by atoms with Crippen LogP contribution in [0.4, 0.5) is 0 Å². The summed E-state index contributed by atoms with van der Waals surface area (Å²) in [6.07, 6.45) is 3.60. The topological polar surface area (TPSA) is 37.3 Å². The highest BCUT2D eigenvalue weighted by atomic mass is 32.1. The lowest BCUT2D eigenvalue weighted by Crippen LogP contribution is -2.42. The summed E-state index contributed by atoms with van der Waals surface area (Å²) < 4.78 is 0. The predicted octanol–water partition coefficient (Wildman–Crippen LogP) is 2.80. The van der Waals surface area contributed by atoms with Crippen molar-refractivity contribution in [3.63, 3.8) is 0 Å². The molecule has 0 radical (unpaired) electrons. The molecule has 1 aromatic heterocycles. The Morgan fingerprint density at radius 2 is 2.25 bits per heavy atom. The van der Waals surface area contributed by atoms with E-state index < -0.39 is 5.60 Å². The van der Waals surface area contributed by atoms with Crippen molar-refractivity contribution in [2.24, 2.45) is 5.92 Å². The summed E-state index contributed by atoms with van der Waals surface area (Å²) in [6, 6.07) is 3.90. The molecule has 1 aromatic rings. The van der Waals surface area contributed by atoms with Crippen LogP contribution in [-0.4, -0.2) is 16.5 Å². The minimum atomic E-state index is -1.05. The molecule has 1 aliphatic rings. The van der Waals surface area contributed by atoms with Crippen LogP contribution in [0.25, 0.3) is 0 Å². The SMILES string of the molecule is CC1CCC(O)(C(=O)Cc2cccs2)CC1. The highest BCUT2D eigenvalue weighted by Gasteiger charge is 2.38. The molecule has 2 nitrogen and oxygen atoms in total. The lowest BCUT2D eigenvalue weighted by molar-refractivity contribution is -0.140. The standard InChI is InChI=1S/C13H18O2S/c1-10-4-6-13(15,7-5-10)12(14)9-11-3-2-8-16-11/h2-3,8,10,15H,4-7,9H2,1H3. The van der Waals surface area contributed by atoms with Crippen LogP contribution in [0.3, 0.4) is 0 Å². The number of thiophene rings is 1. The first-order valence-electron chi connectivity index (χ1n) is 5.88. The van der Waals surface area contributed by atoms with Gasteiger partial charge in [-0.1, -0.05) is 13.0 Å². The zero-order valence-corrected chi connectivity index (χ0v) is 10.4. The molecule has 0 atom stereocenters. The summed E-state index contributed by atoms with van der Waals surface area (Å²) in [5, 5.41) is 12.3. The van der Waals surface area contributed by atoms with Crippen molar-refractivity contribution in [2.75, 3.05) is 0 Å². The average Bonchev–Trinajstić information content (AvgIpc) is 2.75. The van der Waals surface area contributed by atoms with Crippen molar-refractivity contribution in [3.8, 4) is 0 Å². The average molecular weight is 238 g/mol. The molecule has 1 aliphatic carbocycles. The fraction of sp³-hybridized carbons (Fsp3) is 0.615. The fourth-order valence-electron chi connectivity index (χ4n) is 2.25. The van der Waals surface area contributed by atoms with Crippen LogP contribution in [0.2, 0.25) is 0 Å². The number of rotatable bonds is 3. The molecule has 1 saturated carbocycles. The third-order valence-corrected chi connectivity index (χ3v) is 4.41. The second-order valence-corrected chi connectivity index (χ2v) is 5.93. The van der Waals surface area contributed by atoms with E-state index in [1.807, 2.05) is 17.5 Å². The fourth-order valence-corrected chi connectivity index (χ4v) is 2.96. The molecule has 1 fully saturated rings. The smallest absolute Gasteiger partial charge is 0.169 e. The maximum Gasteiger partial charge on any atom is 0.169 e. The maximum atomic E-state index is 12.1. The molecule has 0 amide bonds. The third kappa shape index (κ3) is 2.53. The molecule has 0 bridgehead atoms. The Morgan fingerprint density at radius 1 is 1.56 bits per heavy atom. The van der Waals surface area contributed by atoms with Crippen molar-refractivity contribution >= 4 is 17.1 Å². The third-order valence-electron chi connectivity index (χ3n) is 3.54. The van der Waals surface area contributed by atoms with Gasteiger partial charge in [0.1, 0.15) is 5.60 Å². The van der Waals surface area contributed by atoms with E-state index in [9.17, 15) is 9.90 Å². The van der Waals surface area contributed by atoms with Gasteiger partial charge in [0.2, 0.25) is 0 Å². The van der Waals surface area contributed by atoms with E-state index in [1.165, 1.54) is 0 Å². The summed E-state index contributed by atoms with van der Waals surface area (Å²) >= 11 is 1.58. The molecule has 0 unspecified atom stereocenters. The molecule has 0 spiro atoms. The summed E-state index contributed by atoms with van der Waals surface area (Å²) in [6.45, 7) is 2.18. The molecule has 1 heterocycles. The molecular weight excluding hydrogens is 220 g/mol. The van der Waals surface area contributed by atoms with Gasteiger partial charge in [-0.05, 0) is 43.0 Å². The molecule has 0 aromatic carbocycles. The van der Waals surface area contributed by atoms with Crippen LogP contribution in [0, 0.1) is 5.92 Å². The van der Waals surface area contributed by atoms with Crippen LogP contribution in [0.5, 0.6) is 0 Å². The van der Waals surface area contributed by atoms with Gasteiger partial charge in [0, 0.05) is 11.3 Å². The summed E-state index contributed by atoms with van der Waals surface area (Å²) in [4.78, 5) is 13.1. The number of carbonyl (C=O) groups excluding carboxylic acids is 1. The van der Waals surface area contributed by atoms with Crippen LogP contribution >= 0.6 is 11.3 Å². The lowest BCUT2D eigenvalue weighted by atomic mass is 9.76. The molecule has 16 heavy (non-hydrogen) atoms. The zero-order chi connectivity index (χ0) is 11.6. The second-order valence-electron chi connectivity index (χ2n) is 4.89.